The van der Waals surface area contributed by atoms with Gasteiger partial charge in [0.1, 0.15) is 5.60 Å². The van der Waals surface area contributed by atoms with Gasteiger partial charge in [0.2, 0.25) is 25.1 Å². The Morgan fingerprint density at radius 2 is 1.61 bits per heavy atom. The van der Waals surface area contributed by atoms with Gasteiger partial charge in [-0.25, -0.2) is 4.79 Å². The highest BCUT2D eigenvalue weighted by atomic mass is 16.7. The molecule has 192 valence electrons. The third-order valence-electron chi connectivity index (χ3n) is 7.33. The Morgan fingerprint density at radius 3 is 2.19 bits per heavy atom. The molecule has 36 heavy (non-hydrogen) atoms. The SMILES string of the molecule is C/C=C(\C)C(=O)OC1c2cc3c(c(OC)c2-c2c(cc4c(c2OC)OCO4)CC(C)C1(C)O)OCO3. The Bertz CT molecular complexity index is 1260. The third kappa shape index (κ3) is 3.52. The maximum absolute atomic E-state index is 13.0. The van der Waals surface area contributed by atoms with Crippen molar-refractivity contribution < 1.29 is 43.1 Å². The summed E-state index contributed by atoms with van der Waals surface area (Å²) in [5.41, 5.74) is 1.59. The first-order chi connectivity index (χ1) is 17.2. The molecule has 0 amide bonds. The van der Waals surface area contributed by atoms with Gasteiger partial charge in [0.05, 0.1) is 14.2 Å². The highest BCUT2D eigenvalue weighted by Crippen LogP contribution is 2.59. The highest BCUT2D eigenvalue weighted by molar-refractivity contribution is 5.91. The van der Waals surface area contributed by atoms with Crippen molar-refractivity contribution in [1.29, 1.82) is 0 Å². The smallest absolute Gasteiger partial charge is 0.334 e. The van der Waals surface area contributed by atoms with Crippen LogP contribution in [0.3, 0.4) is 0 Å². The van der Waals surface area contributed by atoms with Gasteiger partial charge in [-0.05, 0) is 50.8 Å². The number of fused-ring (bicyclic) bond motifs is 5. The molecule has 3 atom stereocenters. The van der Waals surface area contributed by atoms with Crippen LogP contribution in [0.4, 0.5) is 0 Å². The summed E-state index contributed by atoms with van der Waals surface area (Å²) in [6.45, 7) is 7.10. The summed E-state index contributed by atoms with van der Waals surface area (Å²) in [4.78, 5) is 13.0. The van der Waals surface area contributed by atoms with E-state index in [2.05, 4.69) is 0 Å². The van der Waals surface area contributed by atoms with Crippen molar-refractivity contribution in [1.82, 2.24) is 0 Å². The average Bonchev–Trinajstić information content (AvgIpc) is 3.53. The minimum Gasteiger partial charge on any atom is -0.492 e. The van der Waals surface area contributed by atoms with Gasteiger partial charge in [0.25, 0.3) is 0 Å². The van der Waals surface area contributed by atoms with Gasteiger partial charge in [0, 0.05) is 22.3 Å². The maximum atomic E-state index is 13.0. The second-order valence-corrected chi connectivity index (χ2v) is 9.37. The summed E-state index contributed by atoms with van der Waals surface area (Å²) in [6, 6.07) is 3.64. The first-order valence-electron chi connectivity index (χ1n) is 11.8. The van der Waals surface area contributed by atoms with Crippen molar-refractivity contribution in [3.05, 3.63) is 34.9 Å². The number of hydrogen-bond acceptors (Lipinski definition) is 9. The molecule has 0 spiro atoms. The number of ether oxygens (including phenoxy) is 7. The van der Waals surface area contributed by atoms with E-state index in [9.17, 15) is 9.90 Å². The molecule has 0 radical (unpaired) electrons. The fourth-order valence-electron chi connectivity index (χ4n) is 4.99. The minimum absolute atomic E-state index is 0.00858. The van der Waals surface area contributed by atoms with E-state index in [0.717, 1.165) is 5.56 Å². The second-order valence-electron chi connectivity index (χ2n) is 9.37. The predicted molar refractivity (Wildman–Crippen MR) is 129 cm³/mol. The molecule has 5 rings (SSSR count). The van der Waals surface area contributed by atoms with E-state index in [1.54, 1.807) is 40.0 Å². The molecular weight excluding hydrogens is 468 g/mol. The molecule has 0 aromatic heterocycles. The van der Waals surface area contributed by atoms with E-state index in [1.807, 2.05) is 13.0 Å². The van der Waals surface area contributed by atoms with Gasteiger partial charge < -0.3 is 38.3 Å². The van der Waals surface area contributed by atoms with Crippen molar-refractivity contribution in [2.24, 2.45) is 5.92 Å². The average molecular weight is 499 g/mol. The van der Waals surface area contributed by atoms with Gasteiger partial charge in [0.15, 0.2) is 29.1 Å². The van der Waals surface area contributed by atoms with Crippen LogP contribution in [0.1, 0.15) is 44.9 Å². The van der Waals surface area contributed by atoms with Gasteiger partial charge in [-0.2, -0.15) is 0 Å². The van der Waals surface area contributed by atoms with Crippen molar-refractivity contribution in [3.8, 4) is 45.6 Å². The largest absolute Gasteiger partial charge is 0.492 e. The molecule has 9 heteroatoms. The fourth-order valence-corrected chi connectivity index (χ4v) is 4.99. The molecule has 0 bridgehead atoms. The van der Waals surface area contributed by atoms with E-state index in [0.29, 0.717) is 63.2 Å². The maximum Gasteiger partial charge on any atom is 0.334 e. The molecule has 2 aromatic rings. The van der Waals surface area contributed by atoms with Crippen molar-refractivity contribution in [3.63, 3.8) is 0 Å². The fraction of sp³-hybridized carbons (Fsp3) is 0.444. The predicted octanol–water partition coefficient (Wildman–Crippen LogP) is 4.32. The van der Waals surface area contributed by atoms with E-state index >= 15 is 0 Å². The number of methoxy groups -OCH3 is 2. The van der Waals surface area contributed by atoms with Crippen LogP contribution in [-0.2, 0) is 16.0 Å². The van der Waals surface area contributed by atoms with Crippen LogP contribution in [-0.4, -0.2) is 44.5 Å². The number of hydrogen-bond donors (Lipinski definition) is 1. The van der Waals surface area contributed by atoms with Crippen LogP contribution < -0.4 is 28.4 Å². The van der Waals surface area contributed by atoms with Crippen molar-refractivity contribution in [2.75, 3.05) is 27.8 Å². The van der Waals surface area contributed by atoms with E-state index < -0.39 is 17.7 Å². The summed E-state index contributed by atoms with van der Waals surface area (Å²) in [5.74, 6) is 1.86. The van der Waals surface area contributed by atoms with Gasteiger partial charge >= 0.3 is 5.97 Å². The van der Waals surface area contributed by atoms with E-state index in [4.69, 9.17) is 33.2 Å². The molecule has 3 unspecified atom stereocenters. The van der Waals surface area contributed by atoms with Crippen molar-refractivity contribution in [2.45, 2.75) is 45.8 Å². The van der Waals surface area contributed by atoms with Crippen LogP contribution in [0.15, 0.2) is 23.8 Å². The van der Waals surface area contributed by atoms with E-state index in [-0.39, 0.29) is 19.5 Å². The molecule has 2 aromatic carbocycles. The molecule has 0 fully saturated rings. The lowest BCUT2D eigenvalue weighted by Crippen LogP contribution is -2.44. The Kier molecular flexibility index (Phi) is 5.90. The summed E-state index contributed by atoms with van der Waals surface area (Å²) in [5, 5.41) is 11.9. The van der Waals surface area contributed by atoms with Gasteiger partial charge in [-0.15, -0.1) is 0 Å². The Hall–Kier alpha value is -3.59. The molecule has 3 aliphatic rings. The molecule has 1 N–H and O–H groups in total. The lowest BCUT2D eigenvalue weighted by atomic mass is 9.73. The Labute approximate surface area is 209 Å². The third-order valence-corrected chi connectivity index (χ3v) is 7.33. The van der Waals surface area contributed by atoms with Crippen LogP contribution in [0.25, 0.3) is 11.1 Å². The Balaban J connectivity index is 1.88. The quantitative estimate of drug-likeness (QED) is 0.488. The summed E-state index contributed by atoms with van der Waals surface area (Å²) in [6.07, 6.45) is 1.04. The summed E-state index contributed by atoms with van der Waals surface area (Å²) >= 11 is 0. The topological polar surface area (TPSA) is 102 Å². The second kappa shape index (κ2) is 8.81. The van der Waals surface area contributed by atoms with Crippen LogP contribution in [0.5, 0.6) is 34.5 Å². The highest BCUT2D eigenvalue weighted by Gasteiger charge is 2.47. The first kappa shape index (κ1) is 24.1. The zero-order valence-electron chi connectivity index (χ0n) is 21.2. The monoisotopic (exact) mass is 498 g/mol. The molecule has 2 heterocycles. The molecule has 2 aliphatic heterocycles. The molecule has 9 nitrogen and oxygen atoms in total. The number of carbonyl (C=O) groups is 1. The number of esters is 1. The molecule has 0 saturated carbocycles. The summed E-state index contributed by atoms with van der Waals surface area (Å²) in [7, 11) is 3.09. The van der Waals surface area contributed by atoms with Crippen molar-refractivity contribution >= 4 is 5.97 Å². The number of aliphatic hydroxyl groups is 1. The van der Waals surface area contributed by atoms with E-state index in [1.165, 1.54) is 7.11 Å². The molecular formula is C27H30O9. The summed E-state index contributed by atoms with van der Waals surface area (Å²) < 4.78 is 40.7. The number of allylic oxidation sites excluding steroid dienone is 1. The lowest BCUT2D eigenvalue weighted by Gasteiger charge is -2.41. The number of benzene rings is 2. The van der Waals surface area contributed by atoms with Crippen LogP contribution in [0.2, 0.25) is 0 Å². The lowest BCUT2D eigenvalue weighted by molar-refractivity contribution is -0.166. The van der Waals surface area contributed by atoms with Gasteiger partial charge in [-0.3, -0.25) is 0 Å². The molecule has 0 saturated heterocycles. The normalized spacial score (nSPS) is 23.8. The standard InChI is InChI=1S/C27H30O9/c1-7-13(2)26(28)36-25-16-10-18-22(35-12-33-18)24(31-6)20(16)19-15(8-14(3)27(25,4)29)9-17-21(23(19)30-5)34-11-32-17/h7,9-10,14,25,29H,8,11-12H2,1-6H3/b13-7+. The van der Waals surface area contributed by atoms with Crippen LogP contribution in [0, 0.1) is 5.92 Å². The zero-order chi connectivity index (χ0) is 25.8. The molecule has 1 aliphatic carbocycles. The van der Waals surface area contributed by atoms with Crippen LogP contribution >= 0.6 is 0 Å². The number of rotatable bonds is 4. The number of carbonyl (C=O) groups excluding carboxylic acids is 1. The Morgan fingerprint density at radius 1 is 1.03 bits per heavy atom. The minimum atomic E-state index is -1.46. The van der Waals surface area contributed by atoms with Gasteiger partial charge in [-0.1, -0.05) is 13.0 Å². The first-order valence-corrected chi connectivity index (χ1v) is 11.8. The zero-order valence-corrected chi connectivity index (χ0v) is 21.2.